The van der Waals surface area contributed by atoms with Crippen LogP contribution < -0.4 is 9.47 Å². The highest BCUT2D eigenvalue weighted by molar-refractivity contribution is 6.41. The van der Waals surface area contributed by atoms with Gasteiger partial charge in [0.05, 0.1) is 29.8 Å². The fraction of sp³-hybridized carbons (Fsp3) is 0.320. The Hall–Kier alpha value is -2.83. The van der Waals surface area contributed by atoms with Gasteiger partial charge >= 0.3 is 0 Å². The number of hydrogen-bond acceptors (Lipinski definition) is 5. The Bertz CT molecular complexity index is 1250. The molecule has 8 heteroatoms. The number of ether oxygens (including phenoxy) is 2. The van der Waals surface area contributed by atoms with Gasteiger partial charge in [0.1, 0.15) is 17.3 Å². The molecule has 0 N–H and O–H groups in total. The fourth-order valence-electron chi connectivity index (χ4n) is 5.08. The second-order valence-corrected chi connectivity index (χ2v) is 9.23. The number of aromatic nitrogens is 2. The zero-order valence-electron chi connectivity index (χ0n) is 18.3. The summed E-state index contributed by atoms with van der Waals surface area (Å²) in [6.45, 7) is 4.42. The van der Waals surface area contributed by atoms with Gasteiger partial charge in [0, 0.05) is 42.2 Å². The van der Waals surface area contributed by atoms with Crippen LogP contribution in [0.2, 0.25) is 10.0 Å². The Kier molecular flexibility index (Phi) is 5.67. The number of rotatable bonds is 6. The molecule has 2 aliphatic heterocycles. The normalized spacial score (nSPS) is 21.1. The third kappa shape index (κ3) is 3.62. The summed E-state index contributed by atoms with van der Waals surface area (Å²) in [6.07, 6.45) is 5.05. The fourth-order valence-corrected chi connectivity index (χ4v) is 5.80. The van der Waals surface area contributed by atoms with E-state index in [1.54, 1.807) is 20.3 Å². The van der Waals surface area contributed by atoms with Crippen LogP contribution in [0.4, 0.5) is 0 Å². The number of fused-ring (bicyclic) bond motifs is 2. The van der Waals surface area contributed by atoms with Crippen molar-refractivity contribution in [2.45, 2.75) is 18.9 Å². The van der Waals surface area contributed by atoms with Crippen molar-refractivity contribution in [2.75, 3.05) is 20.8 Å². The maximum absolute atomic E-state index is 12.0. The van der Waals surface area contributed by atoms with E-state index in [0.717, 1.165) is 41.7 Å². The highest BCUT2D eigenvalue weighted by Gasteiger charge is 2.53. The van der Waals surface area contributed by atoms with E-state index >= 15 is 0 Å². The molecule has 1 aliphatic carbocycles. The van der Waals surface area contributed by atoms with Gasteiger partial charge in [0.2, 0.25) is 5.91 Å². The standard InChI is InChI=1S/C25H23Cl2N3O3/c1-4-22(31)30-12-15-8-18(30)16(15)9-21-28-11-14-7-13(5-6-17(14)29-21)23-24(26)19(32-2)10-20(33-3)25(23)27/h4-7,10-11,15-16,18H,1,8-9,12H2,2-3H3/t15-,16+,18-/m1/s1. The average molecular weight is 484 g/mol. The van der Waals surface area contributed by atoms with E-state index < -0.39 is 0 Å². The van der Waals surface area contributed by atoms with Crippen molar-refractivity contribution < 1.29 is 14.3 Å². The SMILES string of the molecule is C=CC(=O)N1C[C@H]2C[C@@H]1[C@H]2Cc1ncc2cc(-c3c(Cl)c(OC)cc(OC)c3Cl)ccc2n1. The van der Waals surface area contributed by atoms with Gasteiger partial charge < -0.3 is 14.4 Å². The molecule has 2 aromatic carbocycles. The van der Waals surface area contributed by atoms with Gasteiger partial charge in [-0.25, -0.2) is 9.97 Å². The van der Waals surface area contributed by atoms with E-state index in [1.807, 2.05) is 29.3 Å². The van der Waals surface area contributed by atoms with Crippen LogP contribution in [0.5, 0.6) is 11.5 Å². The van der Waals surface area contributed by atoms with Crippen molar-refractivity contribution in [3.05, 3.63) is 59.0 Å². The van der Waals surface area contributed by atoms with E-state index in [9.17, 15) is 4.79 Å². The molecule has 3 fully saturated rings. The molecule has 0 unspecified atom stereocenters. The number of halogens is 2. The van der Waals surface area contributed by atoms with Crippen LogP contribution in [0.15, 0.2) is 43.1 Å². The summed E-state index contributed by atoms with van der Waals surface area (Å²) in [5.41, 5.74) is 2.30. The Morgan fingerprint density at radius 3 is 2.61 bits per heavy atom. The molecule has 3 aliphatic rings. The molecule has 170 valence electrons. The van der Waals surface area contributed by atoms with E-state index in [1.165, 1.54) is 6.08 Å². The van der Waals surface area contributed by atoms with Crippen LogP contribution in [0, 0.1) is 11.8 Å². The predicted octanol–water partition coefficient (Wildman–Crippen LogP) is 5.20. The zero-order chi connectivity index (χ0) is 23.3. The van der Waals surface area contributed by atoms with Crippen molar-refractivity contribution in [3.8, 4) is 22.6 Å². The lowest BCUT2D eigenvalue weighted by molar-refractivity contribution is -0.126. The van der Waals surface area contributed by atoms with Crippen LogP contribution in [-0.2, 0) is 11.2 Å². The third-order valence-electron chi connectivity index (χ3n) is 6.84. The summed E-state index contributed by atoms with van der Waals surface area (Å²) in [4.78, 5) is 23.4. The number of nitrogens with zero attached hydrogens (tertiary/aromatic N) is 3. The molecular formula is C25H23Cl2N3O3. The molecule has 6 nitrogen and oxygen atoms in total. The third-order valence-corrected chi connectivity index (χ3v) is 7.59. The summed E-state index contributed by atoms with van der Waals surface area (Å²) >= 11 is 13.2. The number of amides is 1. The Morgan fingerprint density at radius 2 is 1.94 bits per heavy atom. The maximum atomic E-state index is 12.0. The Morgan fingerprint density at radius 1 is 1.21 bits per heavy atom. The minimum absolute atomic E-state index is 0.0171. The van der Waals surface area contributed by atoms with Crippen molar-refractivity contribution in [3.63, 3.8) is 0 Å². The average Bonchev–Trinajstić information content (AvgIpc) is 3.42. The first-order valence-corrected chi connectivity index (χ1v) is 11.5. The molecule has 0 radical (unpaired) electrons. The molecular weight excluding hydrogens is 461 g/mol. The molecule has 3 atom stereocenters. The van der Waals surface area contributed by atoms with Gasteiger partial charge in [-0.3, -0.25) is 4.79 Å². The summed E-state index contributed by atoms with van der Waals surface area (Å²) in [5.74, 6) is 2.71. The summed E-state index contributed by atoms with van der Waals surface area (Å²) < 4.78 is 10.8. The second kappa shape index (κ2) is 8.50. The van der Waals surface area contributed by atoms with Crippen molar-refractivity contribution >= 4 is 40.0 Å². The van der Waals surface area contributed by atoms with E-state index in [2.05, 4.69) is 11.6 Å². The van der Waals surface area contributed by atoms with Crippen LogP contribution in [0.25, 0.3) is 22.0 Å². The predicted molar refractivity (Wildman–Crippen MR) is 129 cm³/mol. The minimum atomic E-state index is 0.0171. The summed E-state index contributed by atoms with van der Waals surface area (Å²) in [6, 6.07) is 7.78. The first-order valence-electron chi connectivity index (χ1n) is 10.7. The van der Waals surface area contributed by atoms with Gasteiger partial charge in [-0.1, -0.05) is 35.8 Å². The van der Waals surface area contributed by atoms with Crippen LogP contribution in [-0.4, -0.2) is 47.6 Å². The molecule has 1 aromatic heterocycles. The molecule has 2 bridgehead atoms. The topological polar surface area (TPSA) is 64.6 Å². The number of carbonyl (C=O) groups excluding carboxylic acids is 1. The van der Waals surface area contributed by atoms with Gasteiger partial charge in [-0.2, -0.15) is 0 Å². The number of benzene rings is 2. The number of carbonyl (C=O) groups is 1. The smallest absolute Gasteiger partial charge is 0.246 e. The molecule has 6 rings (SSSR count). The first-order chi connectivity index (χ1) is 15.9. The van der Waals surface area contributed by atoms with Crippen molar-refractivity contribution in [2.24, 2.45) is 11.8 Å². The maximum Gasteiger partial charge on any atom is 0.246 e. The lowest BCUT2D eigenvalue weighted by Gasteiger charge is -2.35. The van der Waals surface area contributed by atoms with E-state index in [-0.39, 0.29) is 11.9 Å². The van der Waals surface area contributed by atoms with Gasteiger partial charge in [0.25, 0.3) is 0 Å². The monoisotopic (exact) mass is 483 g/mol. The van der Waals surface area contributed by atoms with E-state index in [4.69, 9.17) is 37.7 Å². The molecule has 2 saturated heterocycles. The van der Waals surface area contributed by atoms with E-state index in [0.29, 0.717) is 38.9 Å². The zero-order valence-corrected chi connectivity index (χ0v) is 19.9. The molecule has 0 spiro atoms. The van der Waals surface area contributed by atoms with Crippen molar-refractivity contribution in [1.29, 1.82) is 0 Å². The summed E-state index contributed by atoms with van der Waals surface area (Å²) in [7, 11) is 3.10. The number of methoxy groups -OCH3 is 2. The van der Waals surface area contributed by atoms with Crippen LogP contribution in [0.1, 0.15) is 12.2 Å². The van der Waals surface area contributed by atoms with Gasteiger partial charge in [0.15, 0.2) is 0 Å². The molecule has 3 aromatic rings. The number of hydrogen-bond donors (Lipinski definition) is 0. The molecule has 33 heavy (non-hydrogen) atoms. The lowest BCUT2D eigenvalue weighted by Crippen LogP contribution is -2.42. The molecule has 3 heterocycles. The Labute approximate surface area is 202 Å². The second-order valence-electron chi connectivity index (χ2n) is 8.47. The quantitative estimate of drug-likeness (QED) is 0.451. The highest BCUT2D eigenvalue weighted by Crippen LogP contribution is 2.48. The van der Waals surface area contributed by atoms with Crippen LogP contribution >= 0.6 is 23.2 Å². The first kappa shape index (κ1) is 22.0. The highest BCUT2D eigenvalue weighted by atomic mass is 35.5. The Balaban J connectivity index is 1.43. The largest absolute Gasteiger partial charge is 0.495 e. The van der Waals surface area contributed by atoms with Crippen LogP contribution in [0.3, 0.4) is 0 Å². The van der Waals surface area contributed by atoms with Gasteiger partial charge in [-0.15, -0.1) is 0 Å². The van der Waals surface area contributed by atoms with Crippen molar-refractivity contribution in [1.82, 2.24) is 14.9 Å². The lowest BCUT2D eigenvalue weighted by atomic mass is 9.72. The minimum Gasteiger partial charge on any atom is -0.495 e. The summed E-state index contributed by atoms with van der Waals surface area (Å²) in [5, 5.41) is 1.71. The molecule has 1 saturated carbocycles. The molecule has 1 amide bonds. The van der Waals surface area contributed by atoms with Gasteiger partial charge in [-0.05, 0) is 42.0 Å².